The van der Waals surface area contributed by atoms with Gasteiger partial charge in [0.05, 0.1) is 19.1 Å². The van der Waals surface area contributed by atoms with E-state index in [0.29, 0.717) is 12.1 Å². The molecule has 0 amide bonds. The van der Waals surface area contributed by atoms with E-state index in [-0.39, 0.29) is 18.6 Å². The molecule has 0 saturated carbocycles. The van der Waals surface area contributed by atoms with Gasteiger partial charge in [-0.1, -0.05) is 60.7 Å². The van der Waals surface area contributed by atoms with E-state index >= 15 is 0 Å². The number of carboxylic acids is 1. The van der Waals surface area contributed by atoms with Crippen LogP contribution in [0.2, 0.25) is 0 Å². The summed E-state index contributed by atoms with van der Waals surface area (Å²) in [7, 11) is 1.36. The number of nitrogens with one attached hydrogen (secondary N) is 1. The van der Waals surface area contributed by atoms with Crippen LogP contribution in [0.3, 0.4) is 0 Å². The topological polar surface area (TPSA) is 80.6 Å². The molecule has 1 aromatic heterocycles. The number of ether oxygens (including phenoxy) is 1. The minimum absolute atomic E-state index is 0.0377. The van der Waals surface area contributed by atoms with E-state index in [4.69, 9.17) is 4.74 Å². The highest BCUT2D eigenvalue weighted by Crippen LogP contribution is 2.28. The van der Waals surface area contributed by atoms with E-state index in [0.717, 1.165) is 27.6 Å². The third-order valence-corrected chi connectivity index (χ3v) is 5.43. The van der Waals surface area contributed by atoms with E-state index < -0.39 is 5.97 Å². The fourth-order valence-corrected chi connectivity index (χ4v) is 3.90. The Morgan fingerprint density at radius 3 is 2.34 bits per heavy atom. The molecular formula is C26H24N2O4. The van der Waals surface area contributed by atoms with Gasteiger partial charge in [0.15, 0.2) is 0 Å². The lowest BCUT2D eigenvalue weighted by atomic mass is 10.1. The predicted octanol–water partition coefficient (Wildman–Crippen LogP) is 4.39. The van der Waals surface area contributed by atoms with E-state index in [9.17, 15) is 14.7 Å². The molecule has 0 saturated heterocycles. The largest absolute Gasteiger partial charge is 0.481 e. The molecule has 0 radical (unpaired) electrons. The van der Waals surface area contributed by atoms with E-state index in [2.05, 4.69) is 9.88 Å². The summed E-state index contributed by atoms with van der Waals surface area (Å²) < 4.78 is 6.85. The van der Waals surface area contributed by atoms with Crippen LogP contribution in [0, 0.1) is 0 Å². The molecule has 6 heteroatoms. The van der Waals surface area contributed by atoms with Crippen LogP contribution in [0.25, 0.3) is 10.9 Å². The molecule has 32 heavy (non-hydrogen) atoms. The van der Waals surface area contributed by atoms with Crippen molar-refractivity contribution in [2.45, 2.75) is 19.1 Å². The summed E-state index contributed by atoms with van der Waals surface area (Å²) in [5.74, 6) is -1.22. The minimum Gasteiger partial charge on any atom is -0.481 e. The maximum Gasteiger partial charge on any atom is 0.337 e. The van der Waals surface area contributed by atoms with Crippen molar-refractivity contribution in [3.05, 3.63) is 107 Å². The first kappa shape index (κ1) is 21.3. The van der Waals surface area contributed by atoms with Gasteiger partial charge in [-0.25, -0.2) is 4.79 Å². The molecule has 3 aromatic carbocycles. The number of benzene rings is 3. The first-order valence-corrected chi connectivity index (χ1v) is 10.3. The van der Waals surface area contributed by atoms with Crippen molar-refractivity contribution in [3.63, 3.8) is 0 Å². The van der Waals surface area contributed by atoms with Gasteiger partial charge in [-0.05, 0) is 34.9 Å². The van der Waals surface area contributed by atoms with E-state index in [1.165, 1.54) is 7.11 Å². The van der Waals surface area contributed by atoms with Gasteiger partial charge < -0.3 is 14.4 Å². The van der Waals surface area contributed by atoms with Gasteiger partial charge in [-0.15, -0.1) is 0 Å². The SMILES string of the molecule is COC(=O)c1ccc(CNC(c2ccccc2)n2cc(CC(=O)O)c3ccccc32)cc1. The Labute approximate surface area is 186 Å². The number of aliphatic carboxylic acids is 1. The number of esters is 1. The second kappa shape index (κ2) is 9.49. The number of fused-ring (bicyclic) bond motifs is 1. The standard InChI is InChI=1S/C26H24N2O4/c1-32-26(31)20-13-11-18(12-14-20)16-27-25(19-7-3-2-4-8-19)28-17-21(15-24(29)30)22-9-5-6-10-23(22)28/h2-14,17,25,27H,15-16H2,1H3,(H,29,30). The number of carbonyl (C=O) groups is 2. The highest BCUT2D eigenvalue weighted by atomic mass is 16.5. The van der Waals surface area contributed by atoms with Crippen molar-refractivity contribution in [1.29, 1.82) is 0 Å². The number of methoxy groups -OCH3 is 1. The second-order valence-corrected chi connectivity index (χ2v) is 7.53. The van der Waals surface area contributed by atoms with Crippen LogP contribution < -0.4 is 5.32 Å². The summed E-state index contributed by atoms with van der Waals surface area (Å²) in [5, 5.41) is 13.9. The zero-order valence-electron chi connectivity index (χ0n) is 17.7. The molecule has 1 atom stereocenters. The average molecular weight is 428 g/mol. The number of aromatic nitrogens is 1. The lowest BCUT2D eigenvalue weighted by Crippen LogP contribution is -2.27. The second-order valence-electron chi connectivity index (χ2n) is 7.53. The van der Waals surface area contributed by atoms with Crippen LogP contribution in [0.1, 0.15) is 33.2 Å². The van der Waals surface area contributed by atoms with Crippen molar-refractivity contribution < 1.29 is 19.4 Å². The van der Waals surface area contributed by atoms with Crippen LogP contribution in [0.5, 0.6) is 0 Å². The molecule has 4 aromatic rings. The van der Waals surface area contributed by atoms with Crippen LogP contribution in [0.4, 0.5) is 0 Å². The molecule has 0 aliphatic carbocycles. The Morgan fingerprint density at radius 2 is 1.66 bits per heavy atom. The molecule has 0 aliphatic heterocycles. The molecule has 1 unspecified atom stereocenters. The van der Waals surface area contributed by atoms with Gasteiger partial charge in [0.1, 0.15) is 6.17 Å². The molecule has 2 N–H and O–H groups in total. The Bertz CT molecular complexity index is 1230. The number of rotatable bonds is 8. The Morgan fingerprint density at radius 1 is 0.969 bits per heavy atom. The quantitative estimate of drug-likeness (QED) is 0.407. The zero-order chi connectivity index (χ0) is 22.5. The number of hydrogen-bond donors (Lipinski definition) is 2. The van der Waals surface area contributed by atoms with Gasteiger partial charge in [0.25, 0.3) is 0 Å². The number of carboxylic acid groups (broad SMARTS) is 1. The Balaban J connectivity index is 1.68. The minimum atomic E-state index is -0.859. The molecule has 0 fully saturated rings. The molecule has 0 bridgehead atoms. The third kappa shape index (κ3) is 4.55. The van der Waals surface area contributed by atoms with Gasteiger partial charge in [-0.2, -0.15) is 0 Å². The number of para-hydroxylation sites is 1. The molecule has 4 rings (SSSR count). The number of nitrogens with zero attached hydrogens (tertiary/aromatic N) is 1. The predicted molar refractivity (Wildman–Crippen MR) is 122 cm³/mol. The molecule has 162 valence electrons. The van der Waals surface area contributed by atoms with Crippen LogP contribution in [0.15, 0.2) is 85.1 Å². The highest BCUT2D eigenvalue weighted by Gasteiger charge is 2.19. The zero-order valence-corrected chi connectivity index (χ0v) is 17.7. The number of hydrogen-bond acceptors (Lipinski definition) is 4. The maximum absolute atomic E-state index is 11.7. The number of carbonyl (C=O) groups excluding carboxylic acids is 1. The van der Waals surface area contributed by atoms with E-state index in [1.54, 1.807) is 12.1 Å². The average Bonchev–Trinajstić information content (AvgIpc) is 3.17. The van der Waals surface area contributed by atoms with E-state index in [1.807, 2.05) is 72.9 Å². The van der Waals surface area contributed by atoms with Crippen molar-refractivity contribution in [3.8, 4) is 0 Å². The summed E-state index contributed by atoms with van der Waals surface area (Å²) >= 11 is 0. The Hall–Kier alpha value is -3.90. The molecule has 6 nitrogen and oxygen atoms in total. The summed E-state index contributed by atoms with van der Waals surface area (Å²) in [5.41, 5.74) is 4.32. The van der Waals surface area contributed by atoms with Crippen molar-refractivity contribution in [1.82, 2.24) is 9.88 Å². The summed E-state index contributed by atoms with van der Waals surface area (Å²) in [6.45, 7) is 0.557. The normalized spacial score (nSPS) is 11.9. The third-order valence-electron chi connectivity index (χ3n) is 5.43. The first-order chi connectivity index (χ1) is 15.6. The molecule has 0 aliphatic rings. The molecular weight excluding hydrogens is 404 g/mol. The van der Waals surface area contributed by atoms with Gasteiger partial charge in [0, 0.05) is 23.6 Å². The smallest absolute Gasteiger partial charge is 0.337 e. The maximum atomic E-state index is 11.7. The molecule has 0 spiro atoms. The molecule has 1 heterocycles. The fourth-order valence-electron chi connectivity index (χ4n) is 3.90. The van der Waals surface area contributed by atoms with Crippen LogP contribution in [-0.4, -0.2) is 28.7 Å². The fraction of sp³-hybridized carbons (Fsp3) is 0.154. The van der Waals surface area contributed by atoms with Crippen molar-refractivity contribution >= 4 is 22.8 Å². The lowest BCUT2D eigenvalue weighted by molar-refractivity contribution is -0.136. The monoisotopic (exact) mass is 428 g/mol. The first-order valence-electron chi connectivity index (χ1n) is 10.3. The van der Waals surface area contributed by atoms with Crippen LogP contribution in [-0.2, 0) is 22.5 Å². The van der Waals surface area contributed by atoms with Crippen LogP contribution >= 0.6 is 0 Å². The summed E-state index contributed by atoms with van der Waals surface area (Å²) in [4.78, 5) is 23.1. The summed E-state index contributed by atoms with van der Waals surface area (Å²) in [6, 6.07) is 25.1. The van der Waals surface area contributed by atoms with Gasteiger partial charge in [-0.3, -0.25) is 10.1 Å². The van der Waals surface area contributed by atoms with Gasteiger partial charge >= 0.3 is 11.9 Å². The van der Waals surface area contributed by atoms with Crippen molar-refractivity contribution in [2.24, 2.45) is 0 Å². The van der Waals surface area contributed by atoms with Gasteiger partial charge in [0.2, 0.25) is 0 Å². The van der Waals surface area contributed by atoms with Crippen molar-refractivity contribution in [2.75, 3.05) is 7.11 Å². The lowest BCUT2D eigenvalue weighted by Gasteiger charge is -2.22. The summed E-state index contributed by atoms with van der Waals surface area (Å²) in [6.07, 6.45) is 1.68. The highest BCUT2D eigenvalue weighted by molar-refractivity contribution is 5.89. The Kier molecular flexibility index (Phi) is 6.33.